The number of aromatic nitrogens is 2. The van der Waals surface area contributed by atoms with Crippen LogP contribution in [0.3, 0.4) is 0 Å². The Kier molecular flexibility index (Phi) is 4.66. The SMILES string of the molecule is Cc1ccc(C(C)NC(=O)[C@H]2CNC[C@@H]2c2cnn(C)c2)cc1F. The van der Waals surface area contributed by atoms with Crippen LogP contribution in [0.1, 0.15) is 35.6 Å². The van der Waals surface area contributed by atoms with E-state index < -0.39 is 0 Å². The van der Waals surface area contributed by atoms with E-state index in [0.717, 1.165) is 17.7 Å². The van der Waals surface area contributed by atoms with Crippen LogP contribution < -0.4 is 10.6 Å². The summed E-state index contributed by atoms with van der Waals surface area (Å²) in [4.78, 5) is 12.7. The number of aryl methyl sites for hydroxylation is 2. The first kappa shape index (κ1) is 16.6. The molecule has 0 aliphatic carbocycles. The molecule has 1 fully saturated rings. The van der Waals surface area contributed by atoms with Gasteiger partial charge in [0.1, 0.15) is 5.82 Å². The monoisotopic (exact) mass is 330 g/mol. The van der Waals surface area contributed by atoms with Crippen LogP contribution in [0.4, 0.5) is 4.39 Å². The van der Waals surface area contributed by atoms with Crippen LogP contribution >= 0.6 is 0 Å². The topological polar surface area (TPSA) is 59.0 Å². The van der Waals surface area contributed by atoms with E-state index in [0.29, 0.717) is 12.1 Å². The zero-order chi connectivity index (χ0) is 17.3. The molecule has 24 heavy (non-hydrogen) atoms. The third kappa shape index (κ3) is 3.33. The lowest BCUT2D eigenvalue weighted by molar-refractivity contribution is -0.125. The minimum absolute atomic E-state index is 0.0117. The molecule has 2 N–H and O–H groups in total. The Morgan fingerprint density at radius 1 is 1.46 bits per heavy atom. The van der Waals surface area contributed by atoms with Crippen molar-refractivity contribution in [2.75, 3.05) is 13.1 Å². The summed E-state index contributed by atoms with van der Waals surface area (Å²) in [5.74, 6) is -0.292. The highest BCUT2D eigenvalue weighted by Crippen LogP contribution is 2.28. The molecule has 0 bridgehead atoms. The molecule has 1 aliphatic rings. The van der Waals surface area contributed by atoms with Crippen molar-refractivity contribution in [2.45, 2.75) is 25.8 Å². The van der Waals surface area contributed by atoms with Crippen molar-refractivity contribution < 1.29 is 9.18 Å². The fourth-order valence-electron chi connectivity index (χ4n) is 3.22. The molecule has 5 nitrogen and oxygen atoms in total. The van der Waals surface area contributed by atoms with Crippen LogP contribution in [0.2, 0.25) is 0 Å². The summed E-state index contributed by atoms with van der Waals surface area (Å²) >= 11 is 0. The van der Waals surface area contributed by atoms with Crippen LogP contribution in [0, 0.1) is 18.7 Å². The van der Waals surface area contributed by atoms with Gasteiger partial charge in [-0.1, -0.05) is 12.1 Å². The third-order valence-electron chi connectivity index (χ3n) is 4.76. The maximum absolute atomic E-state index is 13.7. The average molecular weight is 330 g/mol. The van der Waals surface area contributed by atoms with Gasteiger partial charge in [0.2, 0.25) is 5.91 Å². The number of carbonyl (C=O) groups is 1. The van der Waals surface area contributed by atoms with Gasteiger partial charge in [0.15, 0.2) is 0 Å². The normalized spacial score (nSPS) is 21.7. The number of rotatable bonds is 4. The molecule has 0 saturated carbocycles. The maximum atomic E-state index is 13.7. The second-order valence-electron chi connectivity index (χ2n) is 6.56. The summed E-state index contributed by atoms with van der Waals surface area (Å²) in [6.07, 6.45) is 3.77. The van der Waals surface area contributed by atoms with Gasteiger partial charge in [0.25, 0.3) is 0 Å². The van der Waals surface area contributed by atoms with Gasteiger partial charge in [-0.3, -0.25) is 9.48 Å². The summed E-state index contributed by atoms with van der Waals surface area (Å²) in [5.41, 5.74) is 2.45. The molecule has 1 aromatic heterocycles. The Balaban J connectivity index is 1.70. The van der Waals surface area contributed by atoms with E-state index in [4.69, 9.17) is 0 Å². The fourth-order valence-corrected chi connectivity index (χ4v) is 3.22. The molecule has 3 rings (SSSR count). The van der Waals surface area contributed by atoms with Crippen molar-refractivity contribution in [1.82, 2.24) is 20.4 Å². The number of hydrogen-bond donors (Lipinski definition) is 2. The summed E-state index contributed by atoms with van der Waals surface area (Å²) < 4.78 is 15.5. The second kappa shape index (κ2) is 6.73. The maximum Gasteiger partial charge on any atom is 0.225 e. The predicted octanol–water partition coefficient (Wildman–Crippen LogP) is 2.05. The molecular formula is C18H23FN4O. The number of hydrogen-bond acceptors (Lipinski definition) is 3. The highest BCUT2D eigenvalue weighted by atomic mass is 19.1. The average Bonchev–Trinajstić information content (AvgIpc) is 3.18. The number of nitrogens with one attached hydrogen (secondary N) is 2. The van der Waals surface area contributed by atoms with E-state index in [-0.39, 0.29) is 29.6 Å². The van der Waals surface area contributed by atoms with Crippen molar-refractivity contribution in [3.8, 4) is 0 Å². The minimum atomic E-state index is -0.246. The Bertz CT molecular complexity index is 742. The molecule has 1 aliphatic heterocycles. The van der Waals surface area contributed by atoms with Gasteiger partial charge >= 0.3 is 0 Å². The summed E-state index contributed by atoms with van der Waals surface area (Å²) in [6, 6.07) is 4.85. The van der Waals surface area contributed by atoms with Crippen molar-refractivity contribution in [2.24, 2.45) is 13.0 Å². The largest absolute Gasteiger partial charge is 0.349 e. The lowest BCUT2D eigenvalue weighted by Crippen LogP contribution is -2.36. The lowest BCUT2D eigenvalue weighted by atomic mass is 9.90. The van der Waals surface area contributed by atoms with E-state index in [2.05, 4.69) is 15.7 Å². The molecule has 1 aromatic carbocycles. The van der Waals surface area contributed by atoms with Gasteiger partial charge in [-0.2, -0.15) is 5.10 Å². The van der Waals surface area contributed by atoms with Gasteiger partial charge in [0.05, 0.1) is 18.2 Å². The molecule has 1 amide bonds. The summed E-state index contributed by atoms with van der Waals surface area (Å²) in [7, 11) is 1.87. The van der Waals surface area contributed by atoms with Crippen LogP contribution in [0.15, 0.2) is 30.6 Å². The van der Waals surface area contributed by atoms with E-state index in [1.54, 1.807) is 17.7 Å². The predicted molar refractivity (Wildman–Crippen MR) is 90.0 cm³/mol. The molecule has 2 aromatic rings. The molecule has 3 atom stereocenters. The van der Waals surface area contributed by atoms with Gasteiger partial charge < -0.3 is 10.6 Å². The molecule has 1 unspecified atom stereocenters. The van der Waals surface area contributed by atoms with E-state index in [1.165, 1.54) is 6.07 Å². The molecular weight excluding hydrogens is 307 g/mol. The van der Waals surface area contributed by atoms with Crippen molar-refractivity contribution in [3.63, 3.8) is 0 Å². The summed E-state index contributed by atoms with van der Waals surface area (Å²) in [5, 5.41) is 10.5. The minimum Gasteiger partial charge on any atom is -0.349 e. The number of benzene rings is 1. The van der Waals surface area contributed by atoms with Crippen molar-refractivity contribution in [1.29, 1.82) is 0 Å². The third-order valence-corrected chi connectivity index (χ3v) is 4.76. The quantitative estimate of drug-likeness (QED) is 0.902. The second-order valence-corrected chi connectivity index (χ2v) is 6.56. The highest BCUT2D eigenvalue weighted by molar-refractivity contribution is 5.81. The van der Waals surface area contributed by atoms with Crippen LogP contribution in [-0.2, 0) is 11.8 Å². The van der Waals surface area contributed by atoms with Gasteiger partial charge in [-0.15, -0.1) is 0 Å². The number of amides is 1. The number of halogens is 1. The van der Waals surface area contributed by atoms with Gasteiger partial charge in [-0.25, -0.2) is 4.39 Å². The first-order chi connectivity index (χ1) is 11.5. The number of carbonyl (C=O) groups excluding carboxylic acids is 1. The van der Waals surface area contributed by atoms with Crippen LogP contribution in [-0.4, -0.2) is 28.8 Å². The Morgan fingerprint density at radius 3 is 2.92 bits per heavy atom. The van der Waals surface area contributed by atoms with Crippen LogP contribution in [0.25, 0.3) is 0 Å². The van der Waals surface area contributed by atoms with E-state index >= 15 is 0 Å². The summed E-state index contributed by atoms with van der Waals surface area (Å²) in [6.45, 7) is 5.01. The Hall–Kier alpha value is -2.21. The first-order valence-corrected chi connectivity index (χ1v) is 8.21. The molecule has 2 heterocycles. The molecule has 6 heteroatoms. The molecule has 128 valence electrons. The zero-order valence-electron chi connectivity index (χ0n) is 14.2. The molecule has 1 saturated heterocycles. The standard InChI is InChI=1S/C18H23FN4O/c1-11-4-5-13(6-17(11)19)12(2)22-18(24)16-9-20-8-15(16)14-7-21-23(3)10-14/h4-7,10,12,15-16,20H,8-9H2,1-3H3,(H,22,24)/t12?,15-,16+/m1/s1. The van der Waals surface area contributed by atoms with Gasteiger partial charge in [-0.05, 0) is 36.6 Å². The Labute approximate surface area is 141 Å². The zero-order valence-corrected chi connectivity index (χ0v) is 14.2. The van der Waals surface area contributed by atoms with Gasteiger partial charge in [0, 0.05) is 32.3 Å². The highest BCUT2D eigenvalue weighted by Gasteiger charge is 2.35. The van der Waals surface area contributed by atoms with Crippen molar-refractivity contribution >= 4 is 5.91 Å². The Morgan fingerprint density at radius 2 is 2.25 bits per heavy atom. The van der Waals surface area contributed by atoms with E-state index in [9.17, 15) is 9.18 Å². The smallest absolute Gasteiger partial charge is 0.225 e. The number of nitrogens with zero attached hydrogens (tertiary/aromatic N) is 2. The molecule has 0 spiro atoms. The van der Waals surface area contributed by atoms with E-state index in [1.807, 2.05) is 32.4 Å². The lowest BCUT2D eigenvalue weighted by Gasteiger charge is -2.21. The van der Waals surface area contributed by atoms with Crippen LogP contribution in [0.5, 0.6) is 0 Å². The van der Waals surface area contributed by atoms with Crippen molar-refractivity contribution in [3.05, 3.63) is 53.1 Å². The fraction of sp³-hybridized carbons (Fsp3) is 0.444. The molecule has 0 radical (unpaired) electrons. The first-order valence-electron chi connectivity index (χ1n) is 8.21.